The maximum absolute atomic E-state index is 4.41. The van der Waals surface area contributed by atoms with Crippen molar-refractivity contribution in [3.05, 3.63) is 24.4 Å². The van der Waals surface area contributed by atoms with Crippen LogP contribution in [-0.2, 0) is 0 Å². The molecule has 2 heterocycles. The number of aromatic nitrogens is 1. The van der Waals surface area contributed by atoms with E-state index >= 15 is 0 Å². The Bertz CT molecular complexity index is 415. The minimum Gasteiger partial charge on any atom is -0.355 e. The summed E-state index contributed by atoms with van der Waals surface area (Å²) in [6.45, 7) is 4.90. The molecule has 5 nitrogen and oxygen atoms in total. The number of nitrogens with one attached hydrogen (secondary N) is 1. The zero-order valence-electron chi connectivity index (χ0n) is 12.2. The first kappa shape index (κ1) is 15.0. The molecular formula is C14H23N5S. The molecule has 110 valence electrons. The second-order valence-electron chi connectivity index (χ2n) is 4.63. The number of aliphatic imine (C=N–C) groups is 1. The van der Waals surface area contributed by atoms with Crippen molar-refractivity contribution in [2.24, 2.45) is 4.99 Å². The summed E-state index contributed by atoms with van der Waals surface area (Å²) in [4.78, 5) is 13.4. The van der Waals surface area contributed by atoms with Gasteiger partial charge in [0.15, 0.2) is 5.96 Å². The number of anilines is 1. The van der Waals surface area contributed by atoms with Crippen LogP contribution in [0.5, 0.6) is 0 Å². The molecule has 0 amide bonds. The molecule has 1 aromatic heterocycles. The van der Waals surface area contributed by atoms with E-state index in [0.717, 1.165) is 50.3 Å². The van der Waals surface area contributed by atoms with Gasteiger partial charge < -0.3 is 15.1 Å². The van der Waals surface area contributed by atoms with E-state index in [-0.39, 0.29) is 0 Å². The zero-order valence-corrected chi connectivity index (χ0v) is 13.1. The van der Waals surface area contributed by atoms with E-state index in [2.05, 4.69) is 37.4 Å². The molecule has 20 heavy (non-hydrogen) atoms. The molecule has 1 fully saturated rings. The molecule has 1 aromatic rings. The lowest BCUT2D eigenvalue weighted by Gasteiger charge is -2.37. The highest BCUT2D eigenvalue weighted by Gasteiger charge is 2.19. The molecule has 1 saturated heterocycles. The fourth-order valence-electron chi connectivity index (χ4n) is 2.29. The topological polar surface area (TPSA) is 43.8 Å². The molecular weight excluding hydrogens is 270 g/mol. The van der Waals surface area contributed by atoms with Crippen molar-refractivity contribution in [2.75, 3.05) is 56.7 Å². The number of guanidine groups is 1. The monoisotopic (exact) mass is 293 g/mol. The molecule has 0 bridgehead atoms. The second kappa shape index (κ2) is 7.99. The molecule has 0 saturated carbocycles. The minimum absolute atomic E-state index is 0.967. The number of pyridine rings is 1. The Morgan fingerprint density at radius 1 is 1.35 bits per heavy atom. The van der Waals surface area contributed by atoms with Crippen molar-refractivity contribution in [1.82, 2.24) is 15.2 Å². The van der Waals surface area contributed by atoms with Gasteiger partial charge in [0.1, 0.15) is 5.82 Å². The number of hydrogen-bond acceptors (Lipinski definition) is 4. The average Bonchev–Trinajstić information content (AvgIpc) is 2.53. The third kappa shape index (κ3) is 4.03. The largest absolute Gasteiger partial charge is 0.355 e. The predicted molar refractivity (Wildman–Crippen MR) is 87.8 cm³/mol. The van der Waals surface area contributed by atoms with Crippen LogP contribution in [-0.4, -0.2) is 67.6 Å². The lowest BCUT2D eigenvalue weighted by atomic mass is 10.3. The van der Waals surface area contributed by atoms with Gasteiger partial charge in [0.05, 0.1) is 0 Å². The van der Waals surface area contributed by atoms with Crippen LogP contribution in [0.4, 0.5) is 5.82 Å². The summed E-state index contributed by atoms with van der Waals surface area (Å²) in [6, 6.07) is 6.07. The summed E-state index contributed by atoms with van der Waals surface area (Å²) in [5.74, 6) is 3.18. The molecule has 0 aromatic carbocycles. The van der Waals surface area contributed by atoms with E-state index < -0.39 is 0 Å². The standard InChI is InChI=1S/C14H23N5S/c1-15-14(17-7-12-20-2)19-10-8-18(9-11-19)13-5-3-4-6-16-13/h3-6H,7-12H2,1-2H3,(H,15,17). The zero-order chi connectivity index (χ0) is 14.2. The normalized spacial score (nSPS) is 16.4. The van der Waals surface area contributed by atoms with Crippen LogP contribution in [0.3, 0.4) is 0 Å². The molecule has 0 spiro atoms. The van der Waals surface area contributed by atoms with E-state index in [0.29, 0.717) is 0 Å². The summed E-state index contributed by atoms with van der Waals surface area (Å²) >= 11 is 1.85. The number of hydrogen-bond donors (Lipinski definition) is 1. The van der Waals surface area contributed by atoms with Gasteiger partial charge in [-0.3, -0.25) is 4.99 Å². The van der Waals surface area contributed by atoms with E-state index in [1.807, 2.05) is 37.1 Å². The van der Waals surface area contributed by atoms with Crippen molar-refractivity contribution < 1.29 is 0 Å². The predicted octanol–water partition coefficient (Wildman–Crippen LogP) is 1.14. The number of thioether (sulfide) groups is 1. The molecule has 1 aliphatic heterocycles. The van der Waals surface area contributed by atoms with E-state index in [4.69, 9.17) is 0 Å². The summed E-state index contributed by atoms with van der Waals surface area (Å²) in [6.07, 6.45) is 3.97. The molecule has 0 atom stereocenters. The maximum Gasteiger partial charge on any atom is 0.193 e. The van der Waals surface area contributed by atoms with Crippen LogP contribution in [0.25, 0.3) is 0 Å². The van der Waals surface area contributed by atoms with Crippen molar-refractivity contribution in [3.63, 3.8) is 0 Å². The van der Waals surface area contributed by atoms with Gasteiger partial charge >= 0.3 is 0 Å². The van der Waals surface area contributed by atoms with Gasteiger partial charge in [-0.2, -0.15) is 11.8 Å². The first-order valence-corrected chi connectivity index (χ1v) is 8.35. The van der Waals surface area contributed by atoms with Crippen LogP contribution in [0.15, 0.2) is 29.4 Å². The highest BCUT2D eigenvalue weighted by atomic mass is 32.2. The Labute approximate surface area is 125 Å². The van der Waals surface area contributed by atoms with Crippen LogP contribution in [0.1, 0.15) is 0 Å². The van der Waals surface area contributed by atoms with Gasteiger partial charge in [-0.1, -0.05) is 6.07 Å². The van der Waals surface area contributed by atoms with Crippen LogP contribution >= 0.6 is 11.8 Å². The number of nitrogens with zero attached hydrogens (tertiary/aromatic N) is 4. The molecule has 0 aliphatic carbocycles. The Hall–Kier alpha value is -1.43. The fourth-order valence-corrected chi connectivity index (χ4v) is 2.59. The number of rotatable bonds is 4. The minimum atomic E-state index is 0.967. The van der Waals surface area contributed by atoms with E-state index in [1.165, 1.54) is 0 Å². The number of piperazine rings is 1. The van der Waals surface area contributed by atoms with Crippen LogP contribution < -0.4 is 10.2 Å². The van der Waals surface area contributed by atoms with Gasteiger partial charge in [0.2, 0.25) is 0 Å². The third-order valence-electron chi connectivity index (χ3n) is 3.35. The SMILES string of the molecule is CN=C(NCCSC)N1CCN(c2ccccn2)CC1. The highest BCUT2D eigenvalue weighted by Crippen LogP contribution is 2.12. The molecule has 6 heteroatoms. The Kier molecular flexibility index (Phi) is 5.98. The highest BCUT2D eigenvalue weighted by molar-refractivity contribution is 7.98. The summed E-state index contributed by atoms with van der Waals surface area (Å²) in [7, 11) is 1.85. The molecule has 1 aliphatic rings. The molecule has 2 rings (SSSR count). The average molecular weight is 293 g/mol. The van der Waals surface area contributed by atoms with Crippen molar-refractivity contribution in [1.29, 1.82) is 0 Å². The third-order valence-corrected chi connectivity index (χ3v) is 3.97. The Balaban J connectivity index is 1.84. The fraction of sp³-hybridized carbons (Fsp3) is 0.571. The summed E-state index contributed by atoms with van der Waals surface area (Å²) in [5.41, 5.74) is 0. The Morgan fingerprint density at radius 3 is 2.75 bits per heavy atom. The van der Waals surface area contributed by atoms with Crippen LogP contribution in [0.2, 0.25) is 0 Å². The Morgan fingerprint density at radius 2 is 2.15 bits per heavy atom. The first-order valence-electron chi connectivity index (χ1n) is 6.95. The summed E-state index contributed by atoms with van der Waals surface area (Å²) in [5, 5.41) is 3.42. The van der Waals surface area contributed by atoms with Gasteiger partial charge in [-0.15, -0.1) is 0 Å². The van der Waals surface area contributed by atoms with E-state index in [1.54, 1.807) is 0 Å². The van der Waals surface area contributed by atoms with Gasteiger partial charge in [-0.25, -0.2) is 4.98 Å². The van der Waals surface area contributed by atoms with E-state index in [9.17, 15) is 0 Å². The lowest BCUT2D eigenvalue weighted by molar-refractivity contribution is 0.372. The van der Waals surface area contributed by atoms with Gasteiger partial charge in [-0.05, 0) is 18.4 Å². The van der Waals surface area contributed by atoms with Crippen LogP contribution in [0, 0.1) is 0 Å². The molecule has 1 N–H and O–H groups in total. The molecule has 0 unspecified atom stereocenters. The van der Waals surface area contributed by atoms with Crippen molar-refractivity contribution >= 4 is 23.5 Å². The quantitative estimate of drug-likeness (QED) is 0.512. The smallest absolute Gasteiger partial charge is 0.193 e. The lowest BCUT2D eigenvalue weighted by Crippen LogP contribution is -2.53. The first-order chi connectivity index (χ1) is 9.85. The van der Waals surface area contributed by atoms with Crippen molar-refractivity contribution in [2.45, 2.75) is 0 Å². The maximum atomic E-state index is 4.41. The summed E-state index contributed by atoms with van der Waals surface area (Å²) < 4.78 is 0. The van der Waals surface area contributed by atoms with Gasteiger partial charge in [0, 0.05) is 51.7 Å². The molecule has 0 radical (unpaired) electrons. The van der Waals surface area contributed by atoms with Gasteiger partial charge in [0.25, 0.3) is 0 Å². The second-order valence-corrected chi connectivity index (χ2v) is 5.61. The van der Waals surface area contributed by atoms with Crippen molar-refractivity contribution in [3.8, 4) is 0 Å².